The van der Waals surface area contributed by atoms with E-state index in [9.17, 15) is 15.0 Å². The standard InChI is InChI=1S/C14H25NO3/c1-11-6-5-9-15(12(11)13(16)17)10-14(18)7-3-2-4-8-14/h11-12,18H,2-10H2,1H3,(H,16,17). The highest BCUT2D eigenvalue weighted by molar-refractivity contribution is 5.74. The largest absolute Gasteiger partial charge is 0.480 e. The molecule has 0 aromatic carbocycles. The maximum Gasteiger partial charge on any atom is 0.321 e. The Morgan fingerprint density at radius 2 is 1.94 bits per heavy atom. The second-order valence-corrected chi connectivity index (χ2v) is 6.16. The molecule has 2 atom stereocenters. The van der Waals surface area contributed by atoms with Crippen LogP contribution in [0.15, 0.2) is 0 Å². The summed E-state index contributed by atoms with van der Waals surface area (Å²) >= 11 is 0. The minimum Gasteiger partial charge on any atom is -0.480 e. The lowest BCUT2D eigenvalue weighted by molar-refractivity contribution is -0.149. The molecule has 2 rings (SSSR count). The highest BCUT2D eigenvalue weighted by Crippen LogP contribution is 2.32. The van der Waals surface area contributed by atoms with Crippen molar-refractivity contribution < 1.29 is 15.0 Å². The van der Waals surface area contributed by atoms with Gasteiger partial charge in [0.2, 0.25) is 0 Å². The Balaban J connectivity index is 2.03. The van der Waals surface area contributed by atoms with E-state index >= 15 is 0 Å². The Morgan fingerprint density at radius 3 is 2.56 bits per heavy atom. The number of nitrogens with zero attached hydrogens (tertiary/aromatic N) is 1. The molecule has 104 valence electrons. The van der Waals surface area contributed by atoms with Crippen LogP contribution in [-0.4, -0.2) is 45.8 Å². The predicted molar refractivity (Wildman–Crippen MR) is 69.4 cm³/mol. The molecule has 2 unspecified atom stereocenters. The topological polar surface area (TPSA) is 60.8 Å². The van der Waals surface area contributed by atoms with Crippen molar-refractivity contribution >= 4 is 5.97 Å². The summed E-state index contributed by atoms with van der Waals surface area (Å²) in [5.74, 6) is -0.551. The number of β-amino-alcohol motifs (C(OH)–C–C–N with tert-alkyl or cyclic N) is 1. The van der Waals surface area contributed by atoms with Gasteiger partial charge in [-0.1, -0.05) is 26.2 Å². The summed E-state index contributed by atoms with van der Waals surface area (Å²) in [5.41, 5.74) is -0.650. The molecule has 2 N–H and O–H groups in total. The van der Waals surface area contributed by atoms with Gasteiger partial charge in [-0.2, -0.15) is 0 Å². The Bertz CT molecular complexity index is 299. The van der Waals surface area contributed by atoms with Gasteiger partial charge in [0.05, 0.1) is 5.60 Å². The zero-order chi connectivity index (χ0) is 13.2. The zero-order valence-electron chi connectivity index (χ0n) is 11.3. The Kier molecular flexibility index (Phi) is 4.28. The molecule has 0 radical (unpaired) electrons. The summed E-state index contributed by atoms with van der Waals surface area (Å²) in [7, 11) is 0. The van der Waals surface area contributed by atoms with Crippen molar-refractivity contribution in [2.45, 2.75) is 63.5 Å². The summed E-state index contributed by atoms with van der Waals surface area (Å²) in [5, 5.41) is 19.9. The van der Waals surface area contributed by atoms with Crippen LogP contribution in [0.25, 0.3) is 0 Å². The molecule has 1 aliphatic carbocycles. The summed E-state index contributed by atoms with van der Waals surface area (Å²) < 4.78 is 0. The molecular weight excluding hydrogens is 230 g/mol. The van der Waals surface area contributed by atoms with E-state index in [4.69, 9.17) is 0 Å². The summed E-state index contributed by atoms with van der Waals surface area (Å²) in [6.07, 6.45) is 7.00. The highest BCUT2D eigenvalue weighted by Gasteiger charge is 2.39. The first-order valence-electron chi connectivity index (χ1n) is 7.21. The van der Waals surface area contributed by atoms with Crippen LogP contribution in [0.2, 0.25) is 0 Å². The van der Waals surface area contributed by atoms with Crippen LogP contribution in [0.5, 0.6) is 0 Å². The van der Waals surface area contributed by atoms with Crippen LogP contribution in [-0.2, 0) is 4.79 Å². The van der Waals surface area contributed by atoms with Gasteiger partial charge >= 0.3 is 5.97 Å². The first-order valence-corrected chi connectivity index (χ1v) is 7.21. The van der Waals surface area contributed by atoms with Crippen molar-refractivity contribution in [3.8, 4) is 0 Å². The van der Waals surface area contributed by atoms with Gasteiger partial charge in [0.15, 0.2) is 0 Å². The molecule has 1 saturated heterocycles. The third-order valence-electron chi connectivity index (χ3n) is 4.57. The summed E-state index contributed by atoms with van der Waals surface area (Å²) in [4.78, 5) is 13.4. The molecule has 2 aliphatic rings. The first-order chi connectivity index (χ1) is 8.52. The number of hydrogen-bond donors (Lipinski definition) is 2. The third kappa shape index (κ3) is 3.04. The van der Waals surface area contributed by atoms with E-state index in [0.29, 0.717) is 6.54 Å². The second-order valence-electron chi connectivity index (χ2n) is 6.16. The van der Waals surface area contributed by atoms with Crippen molar-refractivity contribution in [3.63, 3.8) is 0 Å². The number of aliphatic hydroxyl groups is 1. The molecular formula is C14H25NO3. The van der Waals surface area contributed by atoms with E-state index in [1.165, 1.54) is 6.42 Å². The number of carboxylic acids is 1. The molecule has 4 heteroatoms. The van der Waals surface area contributed by atoms with Gasteiger partial charge in [0, 0.05) is 6.54 Å². The third-order valence-corrected chi connectivity index (χ3v) is 4.57. The molecule has 0 amide bonds. The van der Waals surface area contributed by atoms with Gasteiger partial charge in [-0.3, -0.25) is 9.69 Å². The number of aliphatic carboxylic acids is 1. The Hall–Kier alpha value is -0.610. The normalized spacial score (nSPS) is 33.2. The number of piperidine rings is 1. The van der Waals surface area contributed by atoms with E-state index in [2.05, 4.69) is 0 Å². The van der Waals surface area contributed by atoms with Crippen molar-refractivity contribution in [1.29, 1.82) is 0 Å². The predicted octanol–water partition coefficient (Wildman–Crippen LogP) is 1.87. The molecule has 1 saturated carbocycles. The van der Waals surface area contributed by atoms with Crippen molar-refractivity contribution in [1.82, 2.24) is 4.90 Å². The monoisotopic (exact) mass is 255 g/mol. The lowest BCUT2D eigenvalue weighted by atomic mass is 9.82. The first kappa shape index (κ1) is 13.8. The summed E-state index contributed by atoms with van der Waals surface area (Å²) in [6.45, 7) is 3.35. The van der Waals surface area contributed by atoms with Gasteiger partial charge < -0.3 is 10.2 Å². The fourth-order valence-corrected chi connectivity index (χ4v) is 3.60. The molecule has 18 heavy (non-hydrogen) atoms. The molecule has 0 aromatic rings. The van der Waals surface area contributed by atoms with Crippen molar-refractivity contribution in [2.75, 3.05) is 13.1 Å². The lowest BCUT2D eigenvalue weighted by Gasteiger charge is -2.43. The quantitative estimate of drug-likeness (QED) is 0.808. The molecule has 4 nitrogen and oxygen atoms in total. The van der Waals surface area contributed by atoms with E-state index < -0.39 is 17.6 Å². The zero-order valence-corrected chi connectivity index (χ0v) is 11.3. The number of hydrogen-bond acceptors (Lipinski definition) is 3. The van der Waals surface area contributed by atoms with Crippen molar-refractivity contribution in [2.24, 2.45) is 5.92 Å². The number of likely N-dealkylation sites (tertiary alicyclic amines) is 1. The van der Waals surface area contributed by atoms with Gasteiger partial charge in [-0.05, 0) is 38.1 Å². The van der Waals surface area contributed by atoms with Crippen molar-refractivity contribution in [3.05, 3.63) is 0 Å². The molecule has 1 aliphatic heterocycles. The number of carboxylic acid groups (broad SMARTS) is 1. The minimum absolute atomic E-state index is 0.184. The lowest BCUT2D eigenvalue weighted by Crippen LogP contribution is -2.55. The van der Waals surface area contributed by atoms with Gasteiger partial charge in [0.25, 0.3) is 0 Å². The van der Waals surface area contributed by atoms with Gasteiger partial charge in [-0.15, -0.1) is 0 Å². The van der Waals surface area contributed by atoms with Gasteiger partial charge in [0.1, 0.15) is 6.04 Å². The maximum absolute atomic E-state index is 11.4. The SMILES string of the molecule is CC1CCCN(CC2(O)CCCCC2)C1C(=O)O. The number of rotatable bonds is 3. The van der Waals surface area contributed by atoms with Gasteiger partial charge in [-0.25, -0.2) is 0 Å². The molecule has 2 fully saturated rings. The molecule has 0 bridgehead atoms. The van der Waals surface area contributed by atoms with E-state index in [1.807, 2.05) is 11.8 Å². The molecule has 0 aromatic heterocycles. The van der Waals surface area contributed by atoms with Crippen LogP contribution in [0.3, 0.4) is 0 Å². The van der Waals surface area contributed by atoms with E-state index in [0.717, 1.165) is 45.1 Å². The molecule has 0 spiro atoms. The van der Waals surface area contributed by atoms with Crippen LogP contribution in [0, 0.1) is 5.92 Å². The molecule has 1 heterocycles. The second kappa shape index (κ2) is 5.57. The fourth-order valence-electron chi connectivity index (χ4n) is 3.60. The number of carbonyl (C=O) groups is 1. The van der Waals surface area contributed by atoms with Crippen LogP contribution >= 0.6 is 0 Å². The Morgan fingerprint density at radius 1 is 1.28 bits per heavy atom. The summed E-state index contributed by atoms with van der Waals surface area (Å²) in [6, 6.07) is -0.412. The minimum atomic E-state index is -0.735. The van der Waals surface area contributed by atoms with Crippen LogP contribution in [0.1, 0.15) is 51.9 Å². The van der Waals surface area contributed by atoms with E-state index in [1.54, 1.807) is 0 Å². The highest BCUT2D eigenvalue weighted by atomic mass is 16.4. The Labute approximate surface area is 109 Å². The average molecular weight is 255 g/mol. The van der Waals surface area contributed by atoms with Crippen LogP contribution in [0.4, 0.5) is 0 Å². The fraction of sp³-hybridized carbons (Fsp3) is 0.929. The smallest absolute Gasteiger partial charge is 0.321 e. The van der Waals surface area contributed by atoms with Crippen LogP contribution < -0.4 is 0 Å². The maximum atomic E-state index is 11.4. The average Bonchev–Trinajstić information content (AvgIpc) is 2.28. The van der Waals surface area contributed by atoms with E-state index in [-0.39, 0.29) is 5.92 Å².